The van der Waals surface area contributed by atoms with Crippen LogP contribution in [0.1, 0.15) is 65.5 Å². The van der Waals surface area contributed by atoms with Crippen molar-refractivity contribution in [3.63, 3.8) is 0 Å². The van der Waals surface area contributed by atoms with Crippen molar-refractivity contribution in [1.29, 1.82) is 0 Å². The van der Waals surface area contributed by atoms with Crippen LogP contribution in [0.4, 0.5) is 5.69 Å². The Kier molecular flexibility index (Phi) is 7.94. The minimum Gasteiger partial charge on any atom is -0.490 e. The summed E-state index contributed by atoms with van der Waals surface area (Å²) in [4.78, 5) is 12.8. The fourth-order valence-corrected chi connectivity index (χ4v) is 3.07. The molecule has 25 heavy (non-hydrogen) atoms. The molecule has 0 saturated heterocycles. The predicted molar refractivity (Wildman–Crippen MR) is 104 cm³/mol. The smallest absolute Gasteiger partial charge is 0.256 e. The van der Waals surface area contributed by atoms with E-state index in [0.29, 0.717) is 18.9 Å². The number of hydrogen-bond acceptors (Lipinski definition) is 3. The van der Waals surface area contributed by atoms with Crippen LogP contribution in [0.2, 0.25) is 0 Å². The number of hydrogen-bond donors (Lipinski definition) is 1. The first-order valence-corrected chi connectivity index (χ1v) is 9.36. The molecule has 142 valence electrons. The van der Waals surface area contributed by atoms with Gasteiger partial charge in [-0.05, 0) is 76.6 Å². The second kappa shape index (κ2) is 9.23. The first-order valence-electron chi connectivity index (χ1n) is 9.36. The van der Waals surface area contributed by atoms with Crippen molar-refractivity contribution in [2.75, 3.05) is 11.9 Å². The van der Waals surface area contributed by atoms with E-state index in [9.17, 15) is 4.79 Å². The zero-order valence-electron chi connectivity index (χ0n) is 17.2. The third-order valence-electron chi connectivity index (χ3n) is 4.35. The Labute approximate surface area is 153 Å². The van der Waals surface area contributed by atoms with Crippen molar-refractivity contribution >= 4 is 11.6 Å². The van der Waals surface area contributed by atoms with E-state index in [-0.39, 0.29) is 12.0 Å². The molecule has 0 aliphatic heterocycles. The molecule has 4 heteroatoms. The van der Waals surface area contributed by atoms with Gasteiger partial charge in [-0.15, -0.1) is 0 Å². The lowest BCUT2D eigenvalue weighted by Gasteiger charge is -2.30. The van der Waals surface area contributed by atoms with Crippen LogP contribution in [-0.4, -0.2) is 24.2 Å². The molecule has 0 radical (unpaired) electrons. The summed E-state index contributed by atoms with van der Waals surface area (Å²) in [7, 11) is 0. The lowest BCUT2D eigenvalue weighted by atomic mass is 9.93. The molecule has 1 N–H and O–H groups in total. The van der Waals surface area contributed by atoms with E-state index in [0.717, 1.165) is 29.0 Å². The summed E-state index contributed by atoms with van der Waals surface area (Å²) in [5.41, 5.74) is 2.01. The normalized spacial score (nSPS) is 14.9. The van der Waals surface area contributed by atoms with Crippen molar-refractivity contribution < 1.29 is 14.3 Å². The molecule has 1 amide bonds. The minimum absolute atomic E-state index is 0.0996. The van der Waals surface area contributed by atoms with Gasteiger partial charge in [-0.25, -0.2) is 0 Å². The van der Waals surface area contributed by atoms with Gasteiger partial charge < -0.3 is 14.8 Å². The quantitative estimate of drug-likeness (QED) is 0.661. The lowest BCUT2D eigenvalue weighted by Crippen LogP contribution is -2.44. The molecule has 0 spiro atoms. The Morgan fingerprint density at radius 3 is 2.16 bits per heavy atom. The zero-order valence-corrected chi connectivity index (χ0v) is 17.2. The fourth-order valence-electron chi connectivity index (χ4n) is 3.07. The molecule has 1 rings (SSSR count). The van der Waals surface area contributed by atoms with Crippen LogP contribution >= 0.6 is 0 Å². The molecule has 0 aliphatic rings. The van der Waals surface area contributed by atoms with Gasteiger partial charge in [-0.3, -0.25) is 4.79 Å². The summed E-state index contributed by atoms with van der Waals surface area (Å²) in [6.45, 7) is 16.7. The number of ether oxygens (including phenoxy) is 2. The van der Waals surface area contributed by atoms with Gasteiger partial charge in [0, 0.05) is 12.3 Å². The average Bonchev–Trinajstić information content (AvgIpc) is 2.50. The second-order valence-corrected chi connectivity index (χ2v) is 7.49. The highest BCUT2D eigenvalue weighted by molar-refractivity contribution is 5.97. The van der Waals surface area contributed by atoms with Gasteiger partial charge in [0.15, 0.2) is 0 Å². The molecule has 2 atom stereocenters. The number of carbonyl (C=O) groups excluding carboxylic acids is 1. The molecule has 0 unspecified atom stereocenters. The Bertz CT molecular complexity index is 559. The number of rotatable bonds is 9. The molecule has 0 aliphatic carbocycles. The van der Waals surface area contributed by atoms with Gasteiger partial charge in [0.2, 0.25) is 0 Å². The Hall–Kier alpha value is -1.55. The van der Waals surface area contributed by atoms with Crippen LogP contribution in [0.15, 0.2) is 12.1 Å². The molecule has 0 heterocycles. The molecule has 0 aromatic heterocycles. The molecule has 1 aromatic carbocycles. The number of nitrogens with one attached hydrogen (secondary N) is 1. The monoisotopic (exact) mass is 349 g/mol. The van der Waals surface area contributed by atoms with Crippen LogP contribution in [0, 0.1) is 19.8 Å². The molecule has 0 bridgehead atoms. The van der Waals surface area contributed by atoms with E-state index >= 15 is 0 Å². The van der Waals surface area contributed by atoms with Gasteiger partial charge in [0.1, 0.15) is 11.4 Å². The Morgan fingerprint density at radius 1 is 1.16 bits per heavy atom. The van der Waals surface area contributed by atoms with Crippen molar-refractivity contribution in [1.82, 2.24) is 0 Å². The molecular formula is C21H35NO3. The number of anilines is 1. The largest absolute Gasteiger partial charge is 0.490 e. The highest BCUT2D eigenvalue weighted by Gasteiger charge is 2.34. The van der Waals surface area contributed by atoms with Gasteiger partial charge >= 0.3 is 0 Å². The summed E-state index contributed by atoms with van der Waals surface area (Å²) < 4.78 is 11.8. The lowest BCUT2D eigenvalue weighted by molar-refractivity contribution is -0.140. The molecule has 0 fully saturated rings. The third-order valence-corrected chi connectivity index (χ3v) is 4.35. The summed E-state index contributed by atoms with van der Waals surface area (Å²) in [5.74, 6) is 1.18. The maximum atomic E-state index is 12.8. The summed E-state index contributed by atoms with van der Waals surface area (Å²) in [6, 6.07) is 3.93. The van der Waals surface area contributed by atoms with Gasteiger partial charge in [-0.1, -0.05) is 20.8 Å². The van der Waals surface area contributed by atoms with Crippen LogP contribution in [0.3, 0.4) is 0 Å². The van der Waals surface area contributed by atoms with Crippen LogP contribution in [0.25, 0.3) is 0 Å². The number of carbonyl (C=O) groups is 1. The van der Waals surface area contributed by atoms with E-state index in [1.165, 1.54) is 0 Å². The first kappa shape index (κ1) is 21.5. The second-order valence-electron chi connectivity index (χ2n) is 7.49. The third kappa shape index (κ3) is 6.03. The number of benzene rings is 1. The summed E-state index contributed by atoms with van der Waals surface area (Å²) in [6.07, 6.45) is 1.81. The zero-order chi connectivity index (χ0) is 19.2. The molecule has 4 nitrogen and oxygen atoms in total. The maximum absolute atomic E-state index is 12.8. The first-order chi connectivity index (χ1) is 11.6. The van der Waals surface area contributed by atoms with Gasteiger partial charge in [-0.2, -0.15) is 0 Å². The van der Waals surface area contributed by atoms with E-state index in [4.69, 9.17) is 9.47 Å². The van der Waals surface area contributed by atoms with Crippen LogP contribution in [-0.2, 0) is 9.53 Å². The van der Waals surface area contributed by atoms with Crippen LogP contribution < -0.4 is 10.1 Å². The Morgan fingerprint density at radius 2 is 1.72 bits per heavy atom. The molecule has 0 saturated carbocycles. The summed E-state index contributed by atoms with van der Waals surface area (Å²) in [5, 5.41) is 3.03. The predicted octanol–water partition coefficient (Wildman–Crippen LogP) is 5.26. The van der Waals surface area contributed by atoms with E-state index < -0.39 is 5.60 Å². The van der Waals surface area contributed by atoms with E-state index in [2.05, 4.69) is 33.0 Å². The maximum Gasteiger partial charge on any atom is 0.256 e. The van der Waals surface area contributed by atoms with E-state index in [1.807, 2.05) is 39.8 Å². The fraction of sp³-hybridized carbons (Fsp3) is 0.667. The minimum atomic E-state index is -0.823. The molecule has 1 aromatic rings. The van der Waals surface area contributed by atoms with Gasteiger partial charge in [0.25, 0.3) is 5.91 Å². The van der Waals surface area contributed by atoms with Crippen molar-refractivity contribution in [3.05, 3.63) is 23.3 Å². The standard InChI is InChI=1S/C21H35NO3/c1-9-17(7)25-19-15(5)11-18(12-16(19)6)22-20(23)21(8,24-10-2)13-14(3)4/h11-12,14,17H,9-10,13H2,1-8H3,(H,22,23)/t17-,21+/m0/s1. The molecular weight excluding hydrogens is 314 g/mol. The van der Waals surface area contributed by atoms with Gasteiger partial charge in [0.05, 0.1) is 6.10 Å². The SMILES string of the molecule is CCO[C@](C)(CC(C)C)C(=O)Nc1cc(C)c(O[C@@H](C)CC)c(C)c1. The number of amides is 1. The van der Waals surface area contributed by atoms with Crippen molar-refractivity contribution in [3.8, 4) is 5.75 Å². The Balaban J connectivity index is 3.00. The highest BCUT2D eigenvalue weighted by atomic mass is 16.5. The highest BCUT2D eigenvalue weighted by Crippen LogP contribution is 2.30. The van der Waals surface area contributed by atoms with Crippen LogP contribution in [0.5, 0.6) is 5.75 Å². The van der Waals surface area contributed by atoms with Crippen molar-refractivity contribution in [2.24, 2.45) is 5.92 Å². The van der Waals surface area contributed by atoms with E-state index in [1.54, 1.807) is 0 Å². The van der Waals surface area contributed by atoms with Crippen molar-refractivity contribution in [2.45, 2.75) is 79.9 Å². The topological polar surface area (TPSA) is 47.6 Å². The number of aryl methyl sites for hydroxylation is 2. The summed E-state index contributed by atoms with van der Waals surface area (Å²) >= 11 is 0. The average molecular weight is 350 g/mol.